The molecule has 1 rings (SSSR count). The molecule has 6 heteroatoms. The van der Waals surface area contributed by atoms with Crippen molar-refractivity contribution >= 4 is 25.6 Å². The first kappa shape index (κ1) is 20.4. The van der Waals surface area contributed by atoms with Crippen LogP contribution in [0.4, 0.5) is 0 Å². The Morgan fingerprint density at radius 3 is 2.61 bits per heavy atom. The summed E-state index contributed by atoms with van der Waals surface area (Å²) in [5, 5.41) is 12.2. The van der Waals surface area contributed by atoms with Crippen LogP contribution in [-0.4, -0.2) is 38.7 Å². The van der Waals surface area contributed by atoms with Crippen LogP contribution in [0.2, 0.25) is 18.1 Å². The number of aliphatic hydroxyl groups excluding tert-OH is 1. The van der Waals surface area contributed by atoms with Gasteiger partial charge < -0.3 is 14.3 Å². The van der Waals surface area contributed by atoms with Gasteiger partial charge in [0.05, 0.1) is 19.3 Å². The van der Waals surface area contributed by atoms with E-state index in [2.05, 4.69) is 33.9 Å². The molecule has 0 aromatic carbocycles. The van der Waals surface area contributed by atoms with Crippen LogP contribution in [0.5, 0.6) is 0 Å². The highest BCUT2D eigenvalue weighted by molar-refractivity contribution is 7.12. The SMILES string of the molecule is CCOC(=O)c1sccc1CC[C@H](O)CO[Si](C)(C)C(C)(C)C. The summed E-state index contributed by atoms with van der Waals surface area (Å²) in [7, 11) is -1.83. The minimum absolute atomic E-state index is 0.136. The Balaban J connectivity index is 2.50. The number of ether oxygens (including phenoxy) is 1. The molecule has 1 aromatic heterocycles. The van der Waals surface area contributed by atoms with E-state index in [1.807, 2.05) is 11.4 Å². The van der Waals surface area contributed by atoms with Gasteiger partial charge in [-0.05, 0) is 54.9 Å². The largest absolute Gasteiger partial charge is 0.462 e. The van der Waals surface area contributed by atoms with E-state index in [1.165, 1.54) is 11.3 Å². The van der Waals surface area contributed by atoms with Gasteiger partial charge in [-0.15, -0.1) is 11.3 Å². The molecule has 4 nitrogen and oxygen atoms in total. The van der Waals surface area contributed by atoms with Crippen LogP contribution in [-0.2, 0) is 15.6 Å². The molecule has 0 spiro atoms. The number of aryl methyl sites for hydroxylation is 1. The van der Waals surface area contributed by atoms with Crippen LogP contribution in [0.1, 0.15) is 49.4 Å². The first-order valence-electron chi connectivity index (χ1n) is 8.14. The van der Waals surface area contributed by atoms with Crippen molar-refractivity contribution in [3.8, 4) is 0 Å². The van der Waals surface area contributed by atoms with E-state index in [-0.39, 0.29) is 11.0 Å². The van der Waals surface area contributed by atoms with Crippen LogP contribution >= 0.6 is 11.3 Å². The Kier molecular flexibility index (Phi) is 7.45. The zero-order valence-electron chi connectivity index (χ0n) is 15.1. The van der Waals surface area contributed by atoms with Crippen molar-refractivity contribution < 1.29 is 19.1 Å². The molecule has 132 valence electrons. The van der Waals surface area contributed by atoms with Crippen molar-refractivity contribution in [3.05, 3.63) is 21.9 Å². The number of esters is 1. The summed E-state index contributed by atoms with van der Waals surface area (Å²) in [5.41, 5.74) is 0.944. The van der Waals surface area contributed by atoms with E-state index in [0.717, 1.165) is 5.56 Å². The average molecular weight is 359 g/mol. The van der Waals surface area contributed by atoms with Gasteiger partial charge in [0.1, 0.15) is 4.88 Å². The third kappa shape index (κ3) is 6.03. The molecule has 0 radical (unpaired) electrons. The van der Waals surface area contributed by atoms with E-state index in [0.29, 0.717) is 30.9 Å². The van der Waals surface area contributed by atoms with Crippen LogP contribution in [0.25, 0.3) is 0 Å². The van der Waals surface area contributed by atoms with Gasteiger partial charge in [0.15, 0.2) is 8.32 Å². The monoisotopic (exact) mass is 358 g/mol. The topological polar surface area (TPSA) is 55.8 Å². The molecule has 0 saturated heterocycles. The van der Waals surface area contributed by atoms with Crippen LogP contribution in [0, 0.1) is 0 Å². The maximum atomic E-state index is 11.8. The van der Waals surface area contributed by atoms with Crippen molar-refractivity contribution in [2.24, 2.45) is 0 Å². The van der Waals surface area contributed by atoms with Crippen molar-refractivity contribution in [2.45, 2.75) is 64.8 Å². The fourth-order valence-electron chi connectivity index (χ4n) is 1.83. The molecule has 0 aliphatic rings. The summed E-state index contributed by atoms with van der Waals surface area (Å²) < 4.78 is 11.1. The van der Waals surface area contributed by atoms with E-state index in [4.69, 9.17) is 9.16 Å². The molecule has 23 heavy (non-hydrogen) atoms. The van der Waals surface area contributed by atoms with Gasteiger partial charge in [-0.2, -0.15) is 0 Å². The maximum absolute atomic E-state index is 11.8. The summed E-state index contributed by atoms with van der Waals surface area (Å²) >= 11 is 1.39. The number of thiophene rings is 1. The summed E-state index contributed by atoms with van der Waals surface area (Å²) in [6.45, 7) is 13.4. The molecule has 0 fully saturated rings. The fourth-order valence-corrected chi connectivity index (χ4v) is 3.72. The maximum Gasteiger partial charge on any atom is 0.348 e. The van der Waals surface area contributed by atoms with Crippen LogP contribution < -0.4 is 0 Å². The molecule has 0 aliphatic heterocycles. The zero-order valence-corrected chi connectivity index (χ0v) is 17.0. The number of aliphatic hydroxyl groups is 1. The van der Waals surface area contributed by atoms with Gasteiger partial charge in [0, 0.05) is 0 Å². The van der Waals surface area contributed by atoms with Crippen molar-refractivity contribution in [1.29, 1.82) is 0 Å². The van der Waals surface area contributed by atoms with E-state index < -0.39 is 14.4 Å². The molecule has 1 atom stereocenters. The van der Waals surface area contributed by atoms with Crippen molar-refractivity contribution in [1.82, 2.24) is 0 Å². The standard InChI is InChI=1S/C17H30O4SSi/c1-7-20-16(19)15-13(10-11-22-15)8-9-14(18)12-21-23(5,6)17(2,3)4/h10-11,14,18H,7-9,12H2,1-6H3/t14-/m0/s1. The second kappa shape index (κ2) is 8.42. The molecule has 0 aliphatic carbocycles. The highest BCUT2D eigenvalue weighted by Gasteiger charge is 2.37. The Hall–Kier alpha value is -0.693. The highest BCUT2D eigenvalue weighted by atomic mass is 32.1. The molecule has 0 saturated carbocycles. The number of carbonyl (C=O) groups is 1. The molecule has 0 bridgehead atoms. The van der Waals surface area contributed by atoms with Gasteiger partial charge in [0.25, 0.3) is 0 Å². The van der Waals surface area contributed by atoms with E-state index >= 15 is 0 Å². The third-order valence-electron chi connectivity index (χ3n) is 4.40. The number of hydrogen-bond acceptors (Lipinski definition) is 5. The van der Waals surface area contributed by atoms with Crippen LogP contribution in [0.3, 0.4) is 0 Å². The second-order valence-corrected chi connectivity index (χ2v) is 13.0. The van der Waals surface area contributed by atoms with E-state index in [9.17, 15) is 9.90 Å². The predicted molar refractivity (Wildman–Crippen MR) is 97.8 cm³/mol. The Morgan fingerprint density at radius 1 is 1.39 bits per heavy atom. The number of rotatable bonds is 8. The highest BCUT2D eigenvalue weighted by Crippen LogP contribution is 2.36. The van der Waals surface area contributed by atoms with Gasteiger partial charge >= 0.3 is 5.97 Å². The fraction of sp³-hybridized carbons (Fsp3) is 0.706. The molecule has 1 heterocycles. The summed E-state index contributed by atoms with van der Waals surface area (Å²) in [6.07, 6.45) is 0.719. The van der Waals surface area contributed by atoms with E-state index in [1.54, 1.807) is 6.92 Å². The molecule has 1 N–H and O–H groups in total. The molecule has 1 aromatic rings. The van der Waals surface area contributed by atoms with Crippen LogP contribution in [0.15, 0.2) is 11.4 Å². The molecule has 0 unspecified atom stereocenters. The zero-order chi connectivity index (χ0) is 17.7. The Labute approximate surface area is 145 Å². The lowest BCUT2D eigenvalue weighted by Crippen LogP contribution is -2.42. The Morgan fingerprint density at radius 2 is 2.04 bits per heavy atom. The molecule has 0 amide bonds. The Bertz CT molecular complexity index is 505. The van der Waals surface area contributed by atoms with Gasteiger partial charge in [-0.1, -0.05) is 20.8 Å². The first-order chi connectivity index (χ1) is 10.6. The minimum Gasteiger partial charge on any atom is -0.462 e. The molecular weight excluding hydrogens is 328 g/mol. The summed E-state index contributed by atoms with van der Waals surface area (Å²) in [5.74, 6) is -0.274. The second-order valence-electron chi connectivity index (χ2n) is 7.26. The lowest BCUT2D eigenvalue weighted by molar-refractivity contribution is 0.0530. The lowest BCUT2D eigenvalue weighted by Gasteiger charge is -2.36. The smallest absolute Gasteiger partial charge is 0.348 e. The normalized spacial score (nSPS) is 13.9. The number of carbonyl (C=O) groups excluding carboxylic acids is 1. The van der Waals surface area contributed by atoms with Gasteiger partial charge in [0.2, 0.25) is 0 Å². The average Bonchev–Trinajstić information content (AvgIpc) is 2.90. The molecular formula is C17H30O4SSi. The first-order valence-corrected chi connectivity index (χ1v) is 11.9. The van der Waals surface area contributed by atoms with Crippen molar-refractivity contribution in [3.63, 3.8) is 0 Å². The summed E-state index contributed by atoms with van der Waals surface area (Å²) in [4.78, 5) is 12.5. The van der Waals surface area contributed by atoms with Gasteiger partial charge in [-0.3, -0.25) is 0 Å². The van der Waals surface area contributed by atoms with Gasteiger partial charge in [-0.25, -0.2) is 4.79 Å². The van der Waals surface area contributed by atoms with Crippen molar-refractivity contribution in [2.75, 3.05) is 13.2 Å². The minimum atomic E-state index is -1.83. The predicted octanol–water partition coefficient (Wildman–Crippen LogP) is 4.24. The lowest BCUT2D eigenvalue weighted by atomic mass is 10.1. The third-order valence-corrected chi connectivity index (χ3v) is 9.83. The summed E-state index contributed by atoms with van der Waals surface area (Å²) in [6, 6.07) is 1.93. The number of hydrogen-bond donors (Lipinski definition) is 1. The quantitative estimate of drug-likeness (QED) is 0.558.